The van der Waals surface area contributed by atoms with Crippen molar-refractivity contribution in [1.82, 2.24) is 10.3 Å². The molecule has 1 aliphatic carbocycles. The molecule has 1 saturated carbocycles. The number of carbonyl (C=O) groups is 1. The van der Waals surface area contributed by atoms with E-state index < -0.39 is 11.7 Å². The summed E-state index contributed by atoms with van der Waals surface area (Å²) in [6.45, 7) is 1.83. The Balaban J connectivity index is 1.52. The Hall–Kier alpha value is -2.37. The van der Waals surface area contributed by atoms with Crippen LogP contribution < -0.4 is 5.32 Å². The first kappa shape index (κ1) is 17.5. The number of halogens is 3. The molecule has 0 aliphatic heterocycles. The largest absolute Gasteiger partial charge is 0.416 e. The van der Waals surface area contributed by atoms with E-state index in [1.54, 1.807) is 18.5 Å². The van der Waals surface area contributed by atoms with Crippen LogP contribution in [0, 0.1) is 0 Å². The van der Waals surface area contributed by atoms with Crippen LogP contribution >= 0.6 is 0 Å². The second-order valence-corrected chi connectivity index (χ2v) is 6.50. The number of rotatable bonds is 4. The summed E-state index contributed by atoms with van der Waals surface area (Å²) >= 11 is 0. The Morgan fingerprint density at radius 2 is 1.88 bits per heavy atom. The first-order valence-corrected chi connectivity index (χ1v) is 8.22. The highest BCUT2D eigenvalue weighted by Gasteiger charge is 2.34. The van der Waals surface area contributed by atoms with Crippen LogP contribution in [0.15, 0.2) is 48.8 Å². The average molecular weight is 348 g/mol. The second-order valence-electron chi connectivity index (χ2n) is 6.50. The van der Waals surface area contributed by atoms with Gasteiger partial charge in [0.15, 0.2) is 0 Å². The standard InChI is InChI=1S/C19H19F3N2O/c1-12(14-3-2-8-23-11-14)18(25)24-17-9-15(10-17)13-4-6-16(7-5-13)19(20,21)22/h2-8,11-12,15,17H,9-10H2,1H3,(H,24,25)/t12-,15?,17?/m0/s1. The molecule has 1 N–H and O–H groups in total. The molecule has 3 nitrogen and oxygen atoms in total. The number of amides is 1. The quantitative estimate of drug-likeness (QED) is 0.897. The van der Waals surface area contributed by atoms with Crippen molar-refractivity contribution >= 4 is 5.91 Å². The summed E-state index contributed by atoms with van der Waals surface area (Å²) in [6.07, 6.45) is 0.523. The number of hydrogen-bond donors (Lipinski definition) is 1. The molecule has 0 spiro atoms. The molecular weight excluding hydrogens is 329 g/mol. The molecule has 1 atom stereocenters. The highest BCUT2D eigenvalue weighted by atomic mass is 19.4. The third-order valence-electron chi connectivity index (χ3n) is 4.77. The monoisotopic (exact) mass is 348 g/mol. The maximum absolute atomic E-state index is 12.6. The SMILES string of the molecule is C[C@H](C(=O)NC1CC(c2ccc(C(F)(F)F)cc2)C1)c1cccnc1. The molecule has 0 bridgehead atoms. The van der Waals surface area contributed by atoms with Gasteiger partial charge in [0.1, 0.15) is 0 Å². The van der Waals surface area contributed by atoms with Crippen molar-refractivity contribution in [2.75, 3.05) is 0 Å². The maximum Gasteiger partial charge on any atom is 0.416 e. The molecule has 3 rings (SSSR count). The zero-order chi connectivity index (χ0) is 18.0. The summed E-state index contributed by atoms with van der Waals surface area (Å²) in [4.78, 5) is 16.3. The zero-order valence-electron chi connectivity index (χ0n) is 13.8. The van der Waals surface area contributed by atoms with Gasteiger partial charge in [-0.1, -0.05) is 18.2 Å². The number of nitrogens with zero attached hydrogens (tertiary/aromatic N) is 1. The molecule has 132 valence electrons. The van der Waals surface area contributed by atoms with Crippen LogP contribution in [0.3, 0.4) is 0 Å². The van der Waals surface area contributed by atoms with Crippen LogP contribution in [0.4, 0.5) is 13.2 Å². The molecule has 2 aromatic rings. The normalized spacial score (nSPS) is 21.3. The van der Waals surface area contributed by atoms with E-state index in [2.05, 4.69) is 10.3 Å². The molecule has 1 aromatic heterocycles. The summed E-state index contributed by atoms with van der Waals surface area (Å²) in [6, 6.07) is 9.02. The number of benzene rings is 1. The predicted molar refractivity (Wildman–Crippen MR) is 88.0 cm³/mol. The first-order chi connectivity index (χ1) is 11.8. The minimum atomic E-state index is -4.31. The summed E-state index contributed by atoms with van der Waals surface area (Å²) < 4.78 is 37.8. The molecular formula is C19H19F3N2O. The lowest BCUT2D eigenvalue weighted by molar-refractivity contribution is -0.137. The van der Waals surface area contributed by atoms with Crippen molar-refractivity contribution in [3.05, 3.63) is 65.5 Å². The third kappa shape index (κ3) is 4.00. The van der Waals surface area contributed by atoms with Crippen LogP contribution in [-0.4, -0.2) is 16.9 Å². The molecule has 6 heteroatoms. The molecule has 1 aromatic carbocycles. The lowest BCUT2D eigenvalue weighted by Gasteiger charge is -2.37. The van der Waals surface area contributed by atoms with E-state index in [4.69, 9.17) is 0 Å². The number of nitrogens with one attached hydrogen (secondary N) is 1. The van der Waals surface area contributed by atoms with Crippen LogP contribution in [0.2, 0.25) is 0 Å². The average Bonchev–Trinajstić information content (AvgIpc) is 2.57. The van der Waals surface area contributed by atoms with Gasteiger partial charge in [0, 0.05) is 18.4 Å². The third-order valence-corrected chi connectivity index (χ3v) is 4.77. The van der Waals surface area contributed by atoms with Gasteiger partial charge in [-0.15, -0.1) is 0 Å². The van der Waals surface area contributed by atoms with Gasteiger partial charge in [0.2, 0.25) is 5.91 Å². The highest BCUT2D eigenvalue weighted by Crippen LogP contribution is 2.38. The summed E-state index contributed by atoms with van der Waals surface area (Å²) in [5.41, 5.74) is 1.11. The van der Waals surface area contributed by atoms with Crippen molar-refractivity contribution in [3.63, 3.8) is 0 Å². The van der Waals surface area contributed by atoms with Gasteiger partial charge in [0.05, 0.1) is 11.5 Å². The molecule has 25 heavy (non-hydrogen) atoms. The molecule has 1 amide bonds. The zero-order valence-corrected chi connectivity index (χ0v) is 13.8. The van der Waals surface area contributed by atoms with Gasteiger partial charge < -0.3 is 5.32 Å². The highest BCUT2D eigenvalue weighted by molar-refractivity contribution is 5.83. The molecule has 0 radical (unpaired) electrons. The fraction of sp³-hybridized carbons (Fsp3) is 0.368. The minimum absolute atomic E-state index is 0.0520. The smallest absolute Gasteiger partial charge is 0.353 e. The Labute approximate surface area is 144 Å². The number of alkyl halides is 3. The molecule has 0 saturated heterocycles. The van der Waals surface area contributed by atoms with Gasteiger partial charge in [-0.2, -0.15) is 13.2 Å². The van der Waals surface area contributed by atoms with E-state index in [1.807, 2.05) is 13.0 Å². The molecule has 1 heterocycles. The number of pyridine rings is 1. The van der Waals surface area contributed by atoms with Crippen molar-refractivity contribution in [1.29, 1.82) is 0 Å². The van der Waals surface area contributed by atoms with E-state index in [1.165, 1.54) is 12.1 Å². The fourth-order valence-electron chi connectivity index (χ4n) is 3.06. The van der Waals surface area contributed by atoms with Gasteiger partial charge in [-0.3, -0.25) is 9.78 Å². The number of hydrogen-bond acceptors (Lipinski definition) is 2. The van der Waals surface area contributed by atoms with E-state index >= 15 is 0 Å². The van der Waals surface area contributed by atoms with Gasteiger partial charge >= 0.3 is 6.18 Å². The Bertz CT molecular complexity index is 723. The Kier molecular flexibility index (Phi) is 4.79. The van der Waals surface area contributed by atoms with Crippen LogP contribution in [-0.2, 0) is 11.0 Å². The van der Waals surface area contributed by atoms with E-state index in [9.17, 15) is 18.0 Å². The van der Waals surface area contributed by atoms with E-state index in [0.29, 0.717) is 0 Å². The van der Waals surface area contributed by atoms with Crippen LogP contribution in [0.1, 0.15) is 48.3 Å². The maximum atomic E-state index is 12.6. The summed E-state index contributed by atoms with van der Waals surface area (Å²) in [5, 5.41) is 3.00. The van der Waals surface area contributed by atoms with Gasteiger partial charge in [0.25, 0.3) is 0 Å². The number of carbonyl (C=O) groups excluding carboxylic acids is 1. The fourth-order valence-corrected chi connectivity index (χ4v) is 3.06. The van der Waals surface area contributed by atoms with Crippen molar-refractivity contribution in [2.45, 2.75) is 43.8 Å². The van der Waals surface area contributed by atoms with Crippen molar-refractivity contribution in [2.24, 2.45) is 0 Å². The second kappa shape index (κ2) is 6.86. The van der Waals surface area contributed by atoms with Gasteiger partial charge in [-0.05, 0) is 55.0 Å². The topological polar surface area (TPSA) is 42.0 Å². The van der Waals surface area contributed by atoms with E-state index in [-0.39, 0.29) is 23.8 Å². The predicted octanol–water partition coefficient (Wildman–Crippen LogP) is 4.27. The Morgan fingerprint density at radius 3 is 2.44 bits per heavy atom. The van der Waals surface area contributed by atoms with Crippen LogP contribution in [0.25, 0.3) is 0 Å². The minimum Gasteiger partial charge on any atom is -0.353 e. The van der Waals surface area contributed by atoms with Crippen LogP contribution in [0.5, 0.6) is 0 Å². The summed E-state index contributed by atoms with van der Waals surface area (Å²) in [5.74, 6) is -0.135. The first-order valence-electron chi connectivity index (χ1n) is 8.22. The lowest BCUT2D eigenvalue weighted by atomic mass is 9.75. The molecule has 1 fully saturated rings. The lowest BCUT2D eigenvalue weighted by Crippen LogP contribution is -2.44. The Morgan fingerprint density at radius 1 is 1.20 bits per heavy atom. The number of aromatic nitrogens is 1. The summed E-state index contributed by atoms with van der Waals surface area (Å²) in [7, 11) is 0. The van der Waals surface area contributed by atoms with Gasteiger partial charge in [-0.25, -0.2) is 0 Å². The molecule has 1 aliphatic rings. The molecule has 0 unspecified atom stereocenters. The van der Waals surface area contributed by atoms with Crippen molar-refractivity contribution in [3.8, 4) is 0 Å². The van der Waals surface area contributed by atoms with E-state index in [0.717, 1.165) is 36.1 Å². The van der Waals surface area contributed by atoms with Crippen molar-refractivity contribution < 1.29 is 18.0 Å².